The van der Waals surface area contributed by atoms with E-state index in [4.69, 9.17) is 18.7 Å². The molecule has 0 bridgehead atoms. The first-order chi connectivity index (χ1) is 13.8. The van der Waals surface area contributed by atoms with Crippen LogP contribution in [0.2, 0.25) is 0 Å². The highest BCUT2D eigenvalue weighted by molar-refractivity contribution is 7.52. The fourth-order valence-corrected chi connectivity index (χ4v) is 4.33. The molecule has 5 unspecified atom stereocenters. The van der Waals surface area contributed by atoms with Crippen molar-refractivity contribution in [2.24, 2.45) is 0 Å². The van der Waals surface area contributed by atoms with E-state index in [1.165, 1.54) is 20.2 Å². The Morgan fingerprint density at radius 1 is 1.20 bits per heavy atom. The third-order valence-corrected chi connectivity index (χ3v) is 5.80. The molecule has 1 saturated heterocycles. The second-order valence-corrected chi connectivity index (χ2v) is 10.5. The Morgan fingerprint density at radius 2 is 1.87 bits per heavy atom. The van der Waals surface area contributed by atoms with Gasteiger partial charge in [-0.25, -0.2) is 4.79 Å². The molecule has 0 aromatic carbocycles. The smallest absolute Gasteiger partial charge is 0.330 e. The normalized spacial score (nSPS) is 26.6. The molecule has 1 aromatic heterocycles. The molecular formula is C15H26N2O11P2. The molecule has 0 radical (unpaired) electrons. The second-order valence-electron chi connectivity index (χ2n) is 6.92. The summed E-state index contributed by atoms with van der Waals surface area (Å²) in [5, 5.41) is 0. The molecule has 0 spiro atoms. The minimum atomic E-state index is -4.40. The van der Waals surface area contributed by atoms with Crippen LogP contribution in [-0.4, -0.2) is 75.7 Å². The molecule has 13 nitrogen and oxygen atoms in total. The quantitative estimate of drug-likeness (QED) is 0.255. The van der Waals surface area contributed by atoms with E-state index >= 15 is 0 Å². The summed E-state index contributed by atoms with van der Waals surface area (Å²) in [6, 6.07) is 0. The van der Waals surface area contributed by atoms with E-state index in [1.54, 1.807) is 0 Å². The summed E-state index contributed by atoms with van der Waals surface area (Å²) in [6.45, 7) is 2.59. The fraction of sp³-hybridized carbons (Fsp3) is 0.733. The van der Waals surface area contributed by atoms with E-state index in [-0.39, 0.29) is 25.2 Å². The number of aromatic nitrogens is 2. The third kappa shape index (κ3) is 6.94. The maximum absolute atomic E-state index is 12.3. The topological polar surface area (TPSA) is 187 Å². The van der Waals surface area contributed by atoms with Gasteiger partial charge < -0.3 is 28.9 Å². The first kappa shape index (κ1) is 25.1. The highest BCUT2D eigenvalue weighted by Gasteiger charge is 2.49. The average molecular weight is 472 g/mol. The van der Waals surface area contributed by atoms with Gasteiger partial charge in [-0.05, 0) is 13.3 Å². The number of methoxy groups -OCH3 is 1. The van der Waals surface area contributed by atoms with Gasteiger partial charge in [0.25, 0.3) is 5.56 Å². The Labute approximate surface area is 171 Å². The van der Waals surface area contributed by atoms with E-state index < -0.39 is 57.1 Å². The number of hydrogen-bond donors (Lipinski definition) is 4. The van der Waals surface area contributed by atoms with Crippen molar-refractivity contribution < 1.29 is 42.5 Å². The third-order valence-electron chi connectivity index (χ3n) is 4.33. The molecule has 0 aliphatic carbocycles. The van der Waals surface area contributed by atoms with Gasteiger partial charge in [0.2, 0.25) is 0 Å². The molecule has 2 rings (SSSR count). The van der Waals surface area contributed by atoms with E-state index in [9.17, 15) is 33.4 Å². The maximum Gasteiger partial charge on any atom is 0.330 e. The summed E-state index contributed by atoms with van der Waals surface area (Å²) in [7, 11) is -7.03. The van der Waals surface area contributed by atoms with Gasteiger partial charge in [-0.2, -0.15) is 0 Å². The van der Waals surface area contributed by atoms with Gasteiger partial charge in [0.05, 0.1) is 25.5 Å². The number of rotatable bonds is 10. The Balaban J connectivity index is 2.45. The average Bonchev–Trinajstić information content (AvgIpc) is 2.92. The van der Waals surface area contributed by atoms with Crippen LogP contribution in [0.3, 0.4) is 0 Å². The van der Waals surface area contributed by atoms with E-state index in [2.05, 4.69) is 4.98 Å². The van der Waals surface area contributed by atoms with Gasteiger partial charge in [-0.15, -0.1) is 0 Å². The number of hydrogen-bond acceptors (Lipinski definition) is 8. The molecule has 1 aliphatic rings. The Kier molecular flexibility index (Phi) is 8.36. The van der Waals surface area contributed by atoms with Crippen molar-refractivity contribution in [3.63, 3.8) is 0 Å². The lowest BCUT2D eigenvalue weighted by atomic mass is 10.1. The monoisotopic (exact) mass is 472 g/mol. The van der Waals surface area contributed by atoms with Crippen LogP contribution in [0, 0.1) is 6.92 Å². The van der Waals surface area contributed by atoms with Crippen molar-refractivity contribution >= 4 is 15.2 Å². The first-order valence-corrected chi connectivity index (χ1v) is 12.8. The minimum Gasteiger partial charge on any atom is -0.382 e. The maximum atomic E-state index is 12.3. The van der Waals surface area contributed by atoms with Gasteiger partial charge >= 0.3 is 20.9 Å². The highest BCUT2D eigenvalue weighted by atomic mass is 31.2. The molecule has 1 aliphatic heterocycles. The van der Waals surface area contributed by atoms with Crippen molar-refractivity contribution in [2.45, 2.75) is 37.9 Å². The van der Waals surface area contributed by atoms with Crippen molar-refractivity contribution in [1.82, 2.24) is 9.55 Å². The number of nitrogens with one attached hydrogen (secondary N) is 1. The number of aromatic amines is 1. The largest absolute Gasteiger partial charge is 0.382 e. The van der Waals surface area contributed by atoms with Gasteiger partial charge in [0, 0.05) is 25.5 Å². The lowest BCUT2D eigenvalue weighted by Gasteiger charge is -2.26. The summed E-state index contributed by atoms with van der Waals surface area (Å²) in [5.41, 5.74) is -1.20. The van der Waals surface area contributed by atoms with E-state index in [0.717, 1.165) is 11.2 Å². The first-order valence-electron chi connectivity index (χ1n) is 8.93. The van der Waals surface area contributed by atoms with Gasteiger partial charge in [0.15, 0.2) is 6.23 Å². The van der Waals surface area contributed by atoms with Gasteiger partial charge in [0.1, 0.15) is 12.2 Å². The van der Waals surface area contributed by atoms with Crippen LogP contribution in [0.1, 0.15) is 18.2 Å². The predicted molar refractivity (Wildman–Crippen MR) is 104 cm³/mol. The molecule has 4 N–H and O–H groups in total. The number of ether oxygens (including phenoxy) is 3. The molecule has 0 saturated carbocycles. The highest BCUT2D eigenvalue weighted by Crippen LogP contribution is 2.47. The molecule has 1 fully saturated rings. The molecular weight excluding hydrogens is 446 g/mol. The van der Waals surface area contributed by atoms with Crippen LogP contribution in [0.15, 0.2) is 15.8 Å². The van der Waals surface area contributed by atoms with Gasteiger partial charge in [-0.1, -0.05) is 0 Å². The number of H-pyrrole nitrogens is 1. The van der Waals surface area contributed by atoms with E-state index in [1.807, 2.05) is 0 Å². The molecule has 1 aromatic rings. The van der Waals surface area contributed by atoms with Crippen LogP contribution < -0.4 is 11.2 Å². The van der Waals surface area contributed by atoms with Gasteiger partial charge in [-0.3, -0.25) is 28.0 Å². The van der Waals surface area contributed by atoms with Crippen molar-refractivity contribution in [3.05, 3.63) is 32.6 Å². The summed E-state index contributed by atoms with van der Waals surface area (Å²) in [5.74, 6) is 0. The van der Waals surface area contributed by atoms with Crippen LogP contribution in [0.5, 0.6) is 0 Å². The summed E-state index contributed by atoms with van der Waals surface area (Å²) in [6.07, 6.45) is -4.16. The molecule has 0 amide bonds. The van der Waals surface area contributed by atoms with E-state index in [0.29, 0.717) is 0 Å². The van der Waals surface area contributed by atoms with Crippen LogP contribution in [-0.2, 0) is 27.9 Å². The lowest BCUT2D eigenvalue weighted by molar-refractivity contribution is -0.0783. The van der Waals surface area contributed by atoms with Crippen molar-refractivity contribution in [2.75, 3.05) is 33.2 Å². The van der Waals surface area contributed by atoms with Crippen LogP contribution in [0.25, 0.3) is 0 Å². The molecule has 30 heavy (non-hydrogen) atoms. The van der Waals surface area contributed by atoms with Crippen LogP contribution >= 0.6 is 15.2 Å². The Morgan fingerprint density at radius 3 is 2.43 bits per heavy atom. The minimum absolute atomic E-state index is 0.0165. The zero-order valence-corrected chi connectivity index (χ0v) is 18.5. The SMILES string of the molecule is COCCOC1C(OP(C)(=O)O)C(CCP(=O)(O)O)OC1n1cc(C)c(=O)[nH]c1=O. The standard InChI is InChI=1S/C15H26N2O11P2/c1-9-8-17(15(19)16-13(9)18)14-12(26-6-5-25-2)11(28-29(3,20)21)10(27-14)4-7-30(22,23)24/h8,10-12,14H,4-7H2,1-3H3,(H,20,21)(H,16,18,19)(H2,22,23,24). The fourth-order valence-electron chi connectivity index (χ4n) is 3.03. The zero-order chi connectivity index (χ0) is 22.7. The predicted octanol–water partition coefficient (Wildman–Crippen LogP) is -0.458. The van der Waals surface area contributed by atoms with Crippen LogP contribution in [0.4, 0.5) is 0 Å². The molecule has 5 atom stereocenters. The summed E-state index contributed by atoms with van der Waals surface area (Å²) in [4.78, 5) is 54.3. The summed E-state index contributed by atoms with van der Waals surface area (Å²) < 4.78 is 46.0. The Bertz CT molecular complexity index is 933. The second kappa shape index (κ2) is 9.99. The molecule has 172 valence electrons. The summed E-state index contributed by atoms with van der Waals surface area (Å²) >= 11 is 0. The lowest BCUT2D eigenvalue weighted by Crippen LogP contribution is -2.41. The van der Waals surface area contributed by atoms with Crippen molar-refractivity contribution in [1.29, 1.82) is 0 Å². The molecule has 2 heterocycles. The molecule has 15 heteroatoms. The van der Waals surface area contributed by atoms with Crippen molar-refractivity contribution in [3.8, 4) is 0 Å². The number of aryl methyl sites for hydroxylation is 1. The Hall–Kier alpha value is -1.14. The zero-order valence-electron chi connectivity index (χ0n) is 16.7. The number of nitrogens with zero attached hydrogens (tertiary/aromatic N) is 1.